The van der Waals surface area contributed by atoms with E-state index in [0.29, 0.717) is 18.1 Å². The summed E-state index contributed by atoms with van der Waals surface area (Å²) in [4.78, 5) is 12.0. The molecule has 0 unspecified atom stereocenters. The molecule has 0 aliphatic rings. The lowest BCUT2D eigenvalue weighted by Gasteiger charge is -2.09. The van der Waals surface area contributed by atoms with Gasteiger partial charge in [0.15, 0.2) is 0 Å². The number of rotatable bonds is 10. The molecular weight excluding hydrogens is 386 g/mol. The molecular formula is C23H25NO6. The van der Waals surface area contributed by atoms with E-state index in [0.717, 1.165) is 28.3 Å². The number of methoxy groups -OCH3 is 1. The van der Waals surface area contributed by atoms with Gasteiger partial charge in [0.05, 0.1) is 24.8 Å². The molecule has 0 fully saturated rings. The smallest absolute Gasteiger partial charge is 0.310 e. The topological polar surface area (TPSA) is 80.0 Å². The van der Waals surface area contributed by atoms with Crippen molar-refractivity contribution in [3.8, 4) is 17.2 Å². The van der Waals surface area contributed by atoms with Crippen molar-refractivity contribution in [2.75, 3.05) is 20.3 Å². The Kier molecular flexibility index (Phi) is 7.32. The number of hydrogen-bond acceptors (Lipinski definition) is 7. The summed E-state index contributed by atoms with van der Waals surface area (Å²) in [6, 6.07) is 14.6. The van der Waals surface area contributed by atoms with Crippen molar-refractivity contribution in [1.29, 1.82) is 0 Å². The highest BCUT2D eigenvalue weighted by atomic mass is 16.6. The standard InChI is InChI=1S/C23H25NO6/c1-16-22(17(2)30-24-16)15-29-21-6-4-18(5-7-21)14-23(25)28-13-12-27-20-10-8-19(26-3)9-11-20/h4-11H,12-15H2,1-3H3. The number of ether oxygens (including phenoxy) is 4. The first-order valence-corrected chi connectivity index (χ1v) is 9.61. The van der Waals surface area contributed by atoms with Crippen LogP contribution in [0.2, 0.25) is 0 Å². The van der Waals surface area contributed by atoms with Gasteiger partial charge in [-0.05, 0) is 55.8 Å². The summed E-state index contributed by atoms with van der Waals surface area (Å²) in [5.41, 5.74) is 2.61. The summed E-state index contributed by atoms with van der Waals surface area (Å²) >= 11 is 0. The molecule has 30 heavy (non-hydrogen) atoms. The van der Waals surface area contributed by atoms with E-state index >= 15 is 0 Å². The Hall–Kier alpha value is -3.48. The van der Waals surface area contributed by atoms with E-state index in [9.17, 15) is 4.79 Å². The van der Waals surface area contributed by atoms with Crippen LogP contribution in [0.25, 0.3) is 0 Å². The minimum absolute atomic E-state index is 0.184. The molecule has 0 spiro atoms. The number of carbonyl (C=O) groups excluding carboxylic acids is 1. The van der Waals surface area contributed by atoms with Gasteiger partial charge >= 0.3 is 5.97 Å². The molecule has 0 bridgehead atoms. The average molecular weight is 411 g/mol. The molecule has 158 valence electrons. The van der Waals surface area contributed by atoms with Crippen molar-refractivity contribution < 1.29 is 28.3 Å². The molecule has 1 aromatic heterocycles. The highest BCUT2D eigenvalue weighted by molar-refractivity contribution is 5.72. The maximum atomic E-state index is 12.0. The zero-order chi connectivity index (χ0) is 21.3. The average Bonchev–Trinajstić information content (AvgIpc) is 3.08. The zero-order valence-electron chi connectivity index (χ0n) is 17.3. The van der Waals surface area contributed by atoms with Crippen LogP contribution in [0, 0.1) is 13.8 Å². The van der Waals surface area contributed by atoms with E-state index in [1.807, 2.05) is 50.2 Å². The highest BCUT2D eigenvalue weighted by Crippen LogP contribution is 2.19. The Morgan fingerprint density at radius 3 is 2.17 bits per heavy atom. The molecule has 0 amide bonds. The van der Waals surface area contributed by atoms with Gasteiger partial charge in [-0.3, -0.25) is 4.79 Å². The quantitative estimate of drug-likeness (QED) is 0.368. The van der Waals surface area contributed by atoms with E-state index in [-0.39, 0.29) is 25.6 Å². The van der Waals surface area contributed by atoms with Gasteiger partial charge in [-0.25, -0.2) is 0 Å². The normalized spacial score (nSPS) is 10.5. The Balaban J connectivity index is 1.37. The molecule has 0 atom stereocenters. The lowest BCUT2D eigenvalue weighted by molar-refractivity contribution is -0.143. The Labute approximate surface area is 175 Å². The first-order valence-electron chi connectivity index (χ1n) is 9.61. The van der Waals surface area contributed by atoms with Crippen LogP contribution in [0.3, 0.4) is 0 Å². The molecule has 0 aliphatic heterocycles. The molecule has 7 heteroatoms. The first kappa shape index (κ1) is 21.2. The summed E-state index contributed by atoms with van der Waals surface area (Å²) in [5.74, 6) is 2.61. The fourth-order valence-electron chi connectivity index (χ4n) is 2.77. The van der Waals surface area contributed by atoms with Crippen LogP contribution < -0.4 is 14.2 Å². The number of carbonyl (C=O) groups is 1. The van der Waals surface area contributed by atoms with Gasteiger partial charge in [-0.1, -0.05) is 17.3 Å². The largest absolute Gasteiger partial charge is 0.497 e. The van der Waals surface area contributed by atoms with Crippen LogP contribution in [0.4, 0.5) is 0 Å². The van der Waals surface area contributed by atoms with Crippen LogP contribution in [-0.2, 0) is 22.6 Å². The van der Waals surface area contributed by atoms with Crippen molar-refractivity contribution in [3.05, 3.63) is 71.1 Å². The van der Waals surface area contributed by atoms with Gasteiger partial charge < -0.3 is 23.5 Å². The summed E-state index contributed by atoms with van der Waals surface area (Å²) in [7, 11) is 1.61. The van der Waals surface area contributed by atoms with Gasteiger partial charge in [0.1, 0.15) is 42.8 Å². The summed E-state index contributed by atoms with van der Waals surface area (Å²) < 4.78 is 26.7. The monoisotopic (exact) mass is 411 g/mol. The van der Waals surface area contributed by atoms with Gasteiger partial charge in [0, 0.05) is 0 Å². The first-order chi connectivity index (χ1) is 14.5. The van der Waals surface area contributed by atoms with E-state index in [2.05, 4.69) is 5.16 Å². The van der Waals surface area contributed by atoms with Crippen LogP contribution in [-0.4, -0.2) is 31.4 Å². The minimum Gasteiger partial charge on any atom is -0.497 e. The van der Waals surface area contributed by atoms with E-state index in [1.54, 1.807) is 19.2 Å². The van der Waals surface area contributed by atoms with Gasteiger partial charge in [0.25, 0.3) is 0 Å². The van der Waals surface area contributed by atoms with E-state index in [1.165, 1.54) is 0 Å². The molecule has 0 radical (unpaired) electrons. The lowest BCUT2D eigenvalue weighted by Crippen LogP contribution is -2.14. The molecule has 0 saturated heterocycles. The maximum Gasteiger partial charge on any atom is 0.310 e. The molecule has 2 aromatic carbocycles. The van der Waals surface area contributed by atoms with Crippen LogP contribution >= 0.6 is 0 Å². The third-order valence-corrected chi connectivity index (χ3v) is 4.51. The van der Waals surface area contributed by atoms with Crippen LogP contribution in [0.5, 0.6) is 17.2 Å². The molecule has 0 N–H and O–H groups in total. The van der Waals surface area contributed by atoms with E-state index in [4.69, 9.17) is 23.5 Å². The number of aromatic nitrogens is 1. The third kappa shape index (κ3) is 6.01. The number of nitrogens with zero attached hydrogens (tertiary/aromatic N) is 1. The number of hydrogen-bond donors (Lipinski definition) is 0. The van der Waals surface area contributed by atoms with Crippen LogP contribution in [0.1, 0.15) is 22.6 Å². The van der Waals surface area contributed by atoms with E-state index < -0.39 is 0 Å². The SMILES string of the molecule is COc1ccc(OCCOC(=O)Cc2ccc(OCc3c(C)noc3C)cc2)cc1. The van der Waals surface area contributed by atoms with Crippen molar-refractivity contribution >= 4 is 5.97 Å². The second kappa shape index (κ2) is 10.3. The highest BCUT2D eigenvalue weighted by Gasteiger charge is 2.10. The predicted octanol–water partition coefficient (Wildman–Crippen LogP) is 4.04. The fourth-order valence-corrected chi connectivity index (χ4v) is 2.77. The molecule has 3 aromatic rings. The maximum absolute atomic E-state index is 12.0. The predicted molar refractivity (Wildman–Crippen MR) is 110 cm³/mol. The molecule has 0 saturated carbocycles. The molecule has 1 heterocycles. The van der Waals surface area contributed by atoms with Crippen molar-refractivity contribution in [1.82, 2.24) is 5.16 Å². The molecule has 0 aliphatic carbocycles. The molecule has 7 nitrogen and oxygen atoms in total. The molecule has 3 rings (SSSR count). The van der Waals surface area contributed by atoms with Gasteiger partial charge in [0.2, 0.25) is 0 Å². The minimum atomic E-state index is -0.308. The summed E-state index contributed by atoms with van der Waals surface area (Å²) in [6.07, 6.45) is 0.187. The van der Waals surface area contributed by atoms with Gasteiger partial charge in [-0.15, -0.1) is 0 Å². The lowest BCUT2D eigenvalue weighted by atomic mass is 10.1. The Morgan fingerprint density at radius 1 is 0.900 bits per heavy atom. The Bertz CT molecular complexity index is 927. The van der Waals surface area contributed by atoms with Crippen molar-refractivity contribution in [2.24, 2.45) is 0 Å². The third-order valence-electron chi connectivity index (χ3n) is 4.51. The Morgan fingerprint density at radius 2 is 1.53 bits per heavy atom. The van der Waals surface area contributed by atoms with Gasteiger partial charge in [-0.2, -0.15) is 0 Å². The number of aryl methyl sites for hydroxylation is 2. The summed E-state index contributed by atoms with van der Waals surface area (Å²) in [6.45, 7) is 4.59. The zero-order valence-corrected chi connectivity index (χ0v) is 17.3. The second-order valence-corrected chi connectivity index (χ2v) is 6.66. The van der Waals surface area contributed by atoms with Crippen molar-refractivity contribution in [3.63, 3.8) is 0 Å². The van der Waals surface area contributed by atoms with Crippen molar-refractivity contribution in [2.45, 2.75) is 26.9 Å². The summed E-state index contributed by atoms with van der Waals surface area (Å²) in [5, 5.41) is 3.91. The number of esters is 1. The fraction of sp³-hybridized carbons (Fsp3) is 0.304. The second-order valence-electron chi connectivity index (χ2n) is 6.66. The van der Waals surface area contributed by atoms with Crippen LogP contribution in [0.15, 0.2) is 53.1 Å². The number of benzene rings is 2.